The van der Waals surface area contributed by atoms with Crippen molar-refractivity contribution in [2.45, 2.75) is 10.9 Å². The van der Waals surface area contributed by atoms with E-state index < -0.39 is 22.0 Å². The number of amides is 1. The van der Waals surface area contributed by atoms with Crippen molar-refractivity contribution < 1.29 is 17.9 Å². The van der Waals surface area contributed by atoms with E-state index in [-0.39, 0.29) is 4.90 Å². The van der Waals surface area contributed by atoms with Gasteiger partial charge < -0.3 is 10.1 Å². The average Bonchev–Trinajstić information content (AvgIpc) is 2.59. The molecular weight excluding hydrogens is 330 g/mol. The SMILES string of the molecule is COc1ccc(C(=O)NC(C#N)c2ccc(S(N)(=O)=O)cc2)cc1. The number of carbonyl (C=O) groups excluding carboxylic acids is 1. The smallest absolute Gasteiger partial charge is 0.252 e. The second-order valence-corrected chi connectivity index (χ2v) is 6.44. The second-order valence-electron chi connectivity index (χ2n) is 4.88. The first-order valence-electron chi connectivity index (χ1n) is 6.82. The Bertz CT molecular complexity index is 869. The third kappa shape index (κ3) is 4.10. The van der Waals surface area contributed by atoms with Crippen molar-refractivity contribution >= 4 is 15.9 Å². The summed E-state index contributed by atoms with van der Waals surface area (Å²) in [5.74, 6) is 0.182. The number of ether oxygens (including phenoxy) is 1. The maximum atomic E-state index is 12.2. The van der Waals surface area contributed by atoms with Crippen molar-refractivity contribution in [3.63, 3.8) is 0 Å². The third-order valence-electron chi connectivity index (χ3n) is 3.30. The van der Waals surface area contributed by atoms with E-state index in [1.165, 1.54) is 31.4 Å². The lowest BCUT2D eigenvalue weighted by molar-refractivity contribution is 0.0945. The van der Waals surface area contributed by atoms with Gasteiger partial charge in [0.25, 0.3) is 5.91 Å². The number of nitrogens with two attached hydrogens (primary N) is 1. The molecular formula is C16H15N3O4S. The first kappa shape index (κ1) is 17.5. The van der Waals surface area contributed by atoms with E-state index in [0.29, 0.717) is 16.9 Å². The van der Waals surface area contributed by atoms with E-state index in [1.807, 2.05) is 6.07 Å². The lowest BCUT2D eigenvalue weighted by atomic mass is 10.1. The zero-order valence-corrected chi connectivity index (χ0v) is 13.6. The Labute approximate surface area is 139 Å². The van der Waals surface area contributed by atoms with E-state index in [1.54, 1.807) is 24.3 Å². The van der Waals surface area contributed by atoms with Gasteiger partial charge >= 0.3 is 0 Å². The summed E-state index contributed by atoms with van der Waals surface area (Å²) in [6.45, 7) is 0. The number of carbonyl (C=O) groups is 1. The quantitative estimate of drug-likeness (QED) is 0.846. The zero-order chi connectivity index (χ0) is 17.7. The molecule has 1 atom stereocenters. The predicted molar refractivity (Wildman–Crippen MR) is 86.6 cm³/mol. The van der Waals surface area contributed by atoms with Gasteiger partial charge in [-0.05, 0) is 42.0 Å². The number of primary sulfonamides is 1. The van der Waals surface area contributed by atoms with E-state index in [0.717, 1.165) is 0 Å². The molecule has 0 aliphatic carbocycles. The molecule has 2 aromatic carbocycles. The highest BCUT2D eigenvalue weighted by Crippen LogP contribution is 2.17. The number of hydrogen-bond acceptors (Lipinski definition) is 5. The Morgan fingerprint density at radius 1 is 1.17 bits per heavy atom. The van der Waals surface area contributed by atoms with Crippen LogP contribution in [0, 0.1) is 11.3 Å². The number of sulfonamides is 1. The van der Waals surface area contributed by atoms with Crippen molar-refractivity contribution in [1.29, 1.82) is 5.26 Å². The summed E-state index contributed by atoms with van der Waals surface area (Å²) in [5.41, 5.74) is 0.823. The van der Waals surface area contributed by atoms with Crippen LogP contribution in [0.3, 0.4) is 0 Å². The minimum absolute atomic E-state index is 0.0654. The van der Waals surface area contributed by atoms with Gasteiger partial charge in [-0.25, -0.2) is 13.6 Å². The lowest BCUT2D eigenvalue weighted by Crippen LogP contribution is -2.27. The molecule has 2 aromatic rings. The zero-order valence-electron chi connectivity index (χ0n) is 12.8. The van der Waals surface area contributed by atoms with Gasteiger partial charge in [0.05, 0.1) is 18.1 Å². The van der Waals surface area contributed by atoms with E-state index in [4.69, 9.17) is 9.88 Å². The van der Waals surface area contributed by atoms with Gasteiger partial charge in [-0.15, -0.1) is 0 Å². The summed E-state index contributed by atoms with van der Waals surface area (Å²) in [6.07, 6.45) is 0. The van der Waals surface area contributed by atoms with Gasteiger partial charge in [-0.3, -0.25) is 4.79 Å². The molecule has 124 valence electrons. The molecule has 0 heterocycles. The molecule has 2 rings (SSSR count). The summed E-state index contributed by atoms with van der Waals surface area (Å²) < 4.78 is 27.5. The molecule has 0 saturated heterocycles. The van der Waals surface area contributed by atoms with Crippen molar-refractivity contribution in [1.82, 2.24) is 5.32 Å². The van der Waals surface area contributed by atoms with Crippen molar-refractivity contribution in [2.75, 3.05) is 7.11 Å². The van der Waals surface area contributed by atoms with Crippen LogP contribution in [0.25, 0.3) is 0 Å². The molecule has 0 fully saturated rings. The molecule has 0 aliphatic rings. The fourth-order valence-electron chi connectivity index (χ4n) is 2.00. The third-order valence-corrected chi connectivity index (χ3v) is 4.23. The van der Waals surface area contributed by atoms with Gasteiger partial charge in [0.1, 0.15) is 11.8 Å². The van der Waals surface area contributed by atoms with Crippen LogP contribution in [0.4, 0.5) is 0 Å². The predicted octanol–water partition coefficient (Wildman–Crippen LogP) is 1.34. The van der Waals surface area contributed by atoms with Crippen molar-refractivity contribution in [2.24, 2.45) is 5.14 Å². The molecule has 0 aromatic heterocycles. The minimum Gasteiger partial charge on any atom is -0.497 e. The molecule has 0 radical (unpaired) electrons. The van der Waals surface area contributed by atoms with Crippen LogP contribution in [0.5, 0.6) is 5.75 Å². The molecule has 0 bridgehead atoms. The van der Waals surface area contributed by atoms with Crippen LogP contribution in [0.15, 0.2) is 53.4 Å². The number of benzene rings is 2. The highest BCUT2D eigenvalue weighted by Gasteiger charge is 2.16. The topological polar surface area (TPSA) is 122 Å². The molecule has 1 amide bonds. The summed E-state index contributed by atoms with van der Waals surface area (Å²) in [7, 11) is -2.29. The summed E-state index contributed by atoms with van der Waals surface area (Å²) >= 11 is 0. The number of methoxy groups -OCH3 is 1. The summed E-state index contributed by atoms with van der Waals surface area (Å²) in [4.78, 5) is 12.1. The second kappa shape index (κ2) is 7.12. The Morgan fingerprint density at radius 2 is 1.75 bits per heavy atom. The van der Waals surface area contributed by atoms with Crippen molar-refractivity contribution in [3.05, 3.63) is 59.7 Å². The lowest BCUT2D eigenvalue weighted by Gasteiger charge is -2.12. The molecule has 0 aliphatic heterocycles. The van der Waals surface area contributed by atoms with E-state index in [9.17, 15) is 18.5 Å². The molecule has 0 spiro atoms. The highest BCUT2D eigenvalue weighted by atomic mass is 32.2. The van der Waals surface area contributed by atoms with Crippen LogP contribution in [0.2, 0.25) is 0 Å². The van der Waals surface area contributed by atoms with Crippen molar-refractivity contribution in [3.8, 4) is 11.8 Å². The summed E-state index contributed by atoms with van der Waals surface area (Å²) in [5, 5.41) is 16.9. The molecule has 1 unspecified atom stereocenters. The van der Waals surface area contributed by atoms with Gasteiger partial charge in [0.15, 0.2) is 0 Å². The van der Waals surface area contributed by atoms with Crippen LogP contribution in [0.1, 0.15) is 22.0 Å². The van der Waals surface area contributed by atoms with Gasteiger partial charge in [-0.1, -0.05) is 12.1 Å². The minimum atomic E-state index is -3.81. The fourth-order valence-corrected chi connectivity index (χ4v) is 2.51. The maximum Gasteiger partial charge on any atom is 0.252 e. The Morgan fingerprint density at radius 3 is 2.21 bits per heavy atom. The first-order valence-corrected chi connectivity index (χ1v) is 8.37. The molecule has 8 heteroatoms. The standard InChI is InChI=1S/C16H15N3O4S/c1-23-13-6-2-12(3-7-13)16(20)19-15(10-17)11-4-8-14(9-5-11)24(18,21)22/h2-9,15H,1H3,(H,19,20)(H2,18,21,22). The van der Waals surface area contributed by atoms with Crippen LogP contribution >= 0.6 is 0 Å². The highest BCUT2D eigenvalue weighted by molar-refractivity contribution is 7.89. The Hall–Kier alpha value is -2.89. The summed E-state index contributed by atoms with van der Waals surface area (Å²) in [6, 6.07) is 12.9. The van der Waals surface area contributed by atoms with Crippen LogP contribution in [-0.4, -0.2) is 21.4 Å². The number of nitrogens with one attached hydrogen (secondary N) is 1. The normalized spacial score (nSPS) is 12.0. The first-order chi connectivity index (χ1) is 11.3. The molecule has 3 N–H and O–H groups in total. The number of rotatable bonds is 5. The number of nitrogens with zero attached hydrogens (tertiary/aromatic N) is 1. The van der Waals surface area contributed by atoms with E-state index >= 15 is 0 Å². The Kier molecular flexibility index (Phi) is 5.18. The monoisotopic (exact) mass is 345 g/mol. The van der Waals surface area contributed by atoms with Gasteiger partial charge in [0.2, 0.25) is 10.0 Å². The average molecular weight is 345 g/mol. The van der Waals surface area contributed by atoms with E-state index in [2.05, 4.69) is 5.32 Å². The van der Waals surface area contributed by atoms with Gasteiger partial charge in [-0.2, -0.15) is 5.26 Å². The molecule has 0 saturated carbocycles. The van der Waals surface area contributed by atoms with Gasteiger partial charge in [0, 0.05) is 5.56 Å². The maximum absolute atomic E-state index is 12.2. The van der Waals surface area contributed by atoms with Crippen LogP contribution in [-0.2, 0) is 10.0 Å². The Balaban J connectivity index is 2.16. The number of hydrogen-bond donors (Lipinski definition) is 2. The molecule has 24 heavy (non-hydrogen) atoms. The van der Waals surface area contributed by atoms with Crippen LogP contribution < -0.4 is 15.2 Å². The fraction of sp³-hybridized carbons (Fsp3) is 0.125. The molecule has 7 nitrogen and oxygen atoms in total. The number of nitriles is 1. The largest absolute Gasteiger partial charge is 0.497 e.